The SMILES string of the molecule is COCCN(CC(C)C)C(=O)c1cc(S(=O)(=O)N2CCCC2)ccc1Br. The van der Waals surface area contributed by atoms with Crippen LogP contribution < -0.4 is 0 Å². The van der Waals surface area contributed by atoms with Gasteiger partial charge in [0.25, 0.3) is 5.91 Å². The van der Waals surface area contributed by atoms with Gasteiger partial charge in [-0.05, 0) is 52.9 Å². The maximum Gasteiger partial charge on any atom is 0.255 e. The average molecular weight is 447 g/mol. The van der Waals surface area contributed by atoms with Crippen LogP contribution in [0.3, 0.4) is 0 Å². The van der Waals surface area contributed by atoms with Gasteiger partial charge in [-0.2, -0.15) is 4.31 Å². The van der Waals surface area contributed by atoms with Crippen molar-refractivity contribution < 1.29 is 17.9 Å². The molecule has 0 aromatic heterocycles. The monoisotopic (exact) mass is 446 g/mol. The number of amides is 1. The number of methoxy groups -OCH3 is 1. The van der Waals surface area contributed by atoms with Crippen molar-refractivity contribution in [2.45, 2.75) is 31.6 Å². The first-order valence-corrected chi connectivity index (χ1v) is 11.1. The second-order valence-corrected chi connectivity index (χ2v) is 9.68. The third kappa shape index (κ3) is 5.06. The van der Waals surface area contributed by atoms with Gasteiger partial charge in [0.05, 0.1) is 17.1 Å². The summed E-state index contributed by atoms with van der Waals surface area (Å²) in [5, 5.41) is 0. The number of sulfonamides is 1. The van der Waals surface area contributed by atoms with Gasteiger partial charge in [-0.1, -0.05) is 13.8 Å². The minimum atomic E-state index is -3.56. The highest BCUT2D eigenvalue weighted by Crippen LogP contribution is 2.26. The fourth-order valence-corrected chi connectivity index (χ4v) is 4.95. The van der Waals surface area contributed by atoms with Crippen molar-refractivity contribution in [1.29, 1.82) is 0 Å². The van der Waals surface area contributed by atoms with Gasteiger partial charge >= 0.3 is 0 Å². The molecule has 1 aromatic carbocycles. The van der Waals surface area contributed by atoms with Crippen LogP contribution >= 0.6 is 15.9 Å². The van der Waals surface area contributed by atoms with Gasteiger partial charge in [-0.25, -0.2) is 8.42 Å². The van der Waals surface area contributed by atoms with Crippen LogP contribution in [0, 0.1) is 5.92 Å². The van der Waals surface area contributed by atoms with Crippen LogP contribution in [0.4, 0.5) is 0 Å². The van der Waals surface area contributed by atoms with E-state index in [9.17, 15) is 13.2 Å². The van der Waals surface area contributed by atoms with Crippen molar-refractivity contribution in [2.75, 3.05) is 39.9 Å². The van der Waals surface area contributed by atoms with Gasteiger partial charge in [-0.15, -0.1) is 0 Å². The van der Waals surface area contributed by atoms with Crippen molar-refractivity contribution >= 4 is 31.9 Å². The molecule has 0 bridgehead atoms. The maximum atomic E-state index is 13.0. The predicted octanol–water partition coefficient (Wildman–Crippen LogP) is 2.98. The summed E-state index contributed by atoms with van der Waals surface area (Å²) in [7, 11) is -1.97. The molecule has 6 nitrogen and oxygen atoms in total. The van der Waals surface area contributed by atoms with E-state index in [0.29, 0.717) is 48.7 Å². The molecule has 1 aromatic rings. The van der Waals surface area contributed by atoms with Gasteiger partial charge in [0.2, 0.25) is 10.0 Å². The summed E-state index contributed by atoms with van der Waals surface area (Å²) in [4.78, 5) is 14.9. The van der Waals surface area contributed by atoms with Crippen molar-refractivity contribution in [3.05, 3.63) is 28.2 Å². The first-order chi connectivity index (χ1) is 12.3. The highest BCUT2D eigenvalue weighted by molar-refractivity contribution is 9.10. The molecule has 0 saturated carbocycles. The minimum absolute atomic E-state index is 0.169. The molecule has 8 heteroatoms. The standard InChI is InChI=1S/C18H27BrN2O4S/c1-14(2)13-20(10-11-25-3)18(22)16-12-15(6-7-17(16)19)26(23,24)21-8-4-5-9-21/h6-7,12,14H,4-5,8-11,13H2,1-3H3. The molecule has 0 unspecified atom stereocenters. The van der Waals surface area contributed by atoms with E-state index in [0.717, 1.165) is 12.8 Å². The van der Waals surface area contributed by atoms with Crippen molar-refractivity contribution in [3.8, 4) is 0 Å². The van der Waals surface area contributed by atoms with Crippen molar-refractivity contribution in [2.24, 2.45) is 5.92 Å². The van der Waals surface area contributed by atoms with Gasteiger partial charge in [0, 0.05) is 37.8 Å². The smallest absolute Gasteiger partial charge is 0.255 e. The fourth-order valence-electron chi connectivity index (χ4n) is 2.99. The Morgan fingerprint density at radius 1 is 1.31 bits per heavy atom. The second-order valence-electron chi connectivity index (χ2n) is 6.89. The van der Waals surface area contributed by atoms with E-state index in [-0.39, 0.29) is 10.8 Å². The lowest BCUT2D eigenvalue weighted by Gasteiger charge is -2.25. The topological polar surface area (TPSA) is 66.9 Å². The Morgan fingerprint density at radius 2 is 1.96 bits per heavy atom. The highest BCUT2D eigenvalue weighted by Gasteiger charge is 2.29. The third-order valence-electron chi connectivity index (χ3n) is 4.31. The van der Waals surface area contributed by atoms with Gasteiger partial charge in [-0.3, -0.25) is 4.79 Å². The molecule has 26 heavy (non-hydrogen) atoms. The minimum Gasteiger partial charge on any atom is -0.383 e. The molecule has 0 atom stereocenters. The summed E-state index contributed by atoms with van der Waals surface area (Å²) in [6.07, 6.45) is 1.75. The average Bonchev–Trinajstić information content (AvgIpc) is 3.13. The number of ether oxygens (including phenoxy) is 1. The van der Waals surface area contributed by atoms with Crippen LogP contribution in [-0.4, -0.2) is 63.4 Å². The molecule has 146 valence electrons. The zero-order chi connectivity index (χ0) is 19.3. The third-order valence-corrected chi connectivity index (χ3v) is 6.90. The van der Waals surface area contributed by atoms with E-state index >= 15 is 0 Å². The lowest BCUT2D eigenvalue weighted by Crippen LogP contribution is -2.37. The van der Waals surface area contributed by atoms with Crippen LogP contribution in [0.1, 0.15) is 37.0 Å². The molecule has 1 aliphatic rings. The van der Waals surface area contributed by atoms with Crippen LogP contribution in [0.25, 0.3) is 0 Å². The zero-order valence-corrected chi connectivity index (χ0v) is 18.0. The Labute approximate surface area is 164 Å². The van der Waals surface area contributed by atoms with E-state index in [1.807, 2.05) is 13.8 Å². The van der Waals surface area contributed by atoms with E-state index in [1.165, 1.54) is 10.4 Å². The van der Waals surface area contributed by atoms with Crippen LogP contribution in [-0.2, 0) is 14.8 Å². The van der Waals surface area contributed by atoms with Crippen LogP contribution in [0.5, 0.6) is 0 Å². The number of halogens is 1. The number of hydrogen-bond acceptors (Lipinski definition) is 4. The summed E-state index contributed by atoms with van der Waals surface area (Å²) >= 11 is 3.40. The Hall–Kier alpha value is -0.960. The van der Waals surface area contributed by atoms with Gasteiger partial charge < -0.3 is 9.64 Å². The molecule has 1 heterocycles. The van der Waals surface area contributed by atoms with Crippen LogP contribution in [0.15, 0.2) is 27.6 Å². The Morgan fingerprint density at radius 3 is 2.54 bits per heavy atom. The summed E-state index contributed by atoms with van der Waals surface area (Å²) in [5.74, 6) is 0.104. The van der Waals surface area contributed by atoms with E-state index in [4.69, 9.17) is 4.74 Å². The first kappa shape index (κ1) is 21.3. The highest BCUT2D eigenvalue weighted by atomic mass is 79.9. The molecule has 1 aliphatic heterocycles. The number of carbonyl (C=O) groups is 1. The van der Waals surface area contributed by atoms with Gasteiger partial charge in [0.1, 0.15) is 0 Å². The molecule has 1 saturated heterocycles. The van der Waals surface area contributed by atoms with Crippen molar-refractivity contribution in [1.82, 2.24) is 9.21 Å². The molecule has 0 N–H and O–H groups in total. The van der Waals surface area contributed by atoms with E-state index in [2.05, 4.69) is 15.9 Å². The Kier molecular flexibility index (Phi) is 7.63. The number of hydrogen-bond donors (Lipinski definition) is 0. The summed E-state index contributed by atoms with van der Waals surface area (Å²) in [6.45, 7) is 6.62. The Balaban J connectivity index is 2.33. The molecule has 0 aliphatic carbocycles. The van der Waals surface area contributed by atoms with Crippen molar-refractivity contribution in [3.63, 3.8) is 0 Å². The Bertz CT molecular complexity index is 731. The second kappa shape index (κ2) is 9.30. The normalized spacial score (nSPS) is 15.6. The largest absolute Gasteiger partial charge is 0.383 e. The lowest BCUT2D eigenvalue weighted by molar-refractivity contribution is 0.0671. The first-order valence-electron chi connectivity index (χ1n) is 8.85. The number of carbonyl (C=O) groups excluding carboxylic acids is 1. The quantitative estimate of drug-likeness (QED) is 0.615. The van der Waals surface area contributed by atoms with E-state index < -0.39 is 10.0 Å². The predicted molar refractivity (Wildman–Crippen MR) is 105 cm³/mol. The molecular formula is C18H27BrN2O4S. The number of benzene rings is 1. The summed E-state index contributed by atoms with van der Waals surface area (Å²) in [6, 6.07) is 4.68. The number of rotatable bonds is 8. The molecule has 1 fully saturated rings. The zero-order valence-electron chi connectivity index (χ0n) is 15.6. The molecule has 0 radical (unpaired) electrons. The fraction of sp³-hybridized carbons (Fsp3) is 0.611. The summed E-state index contributed by atoms with van der Waals surface area (Å²) < 4.78 is 32.8. The molecule has 1 amide bonds. The summed E-state index contributed by atoms with van der Waals surface area (Å²) in [5.41, 5.74) is 0.363. The lowest BCUT2D eigenvalue weighted by atomic mass is 10.1. The molecular weight excluding hydrogens is 420 g/mol. The number of nitrogens with zero attached hydrogens (tertiary/aromatic N) is 2. The van der Waals surface area contributed by atoms with Crippen LogP contribution in [0.2, 0.25) is 0 Å². The maximum absolute atomic E-state index is 13.0. The molecule has 2 rings (SSSR count). The molecule has 0 spiro atoms. The van der Waals surface area contributed by atoms with Gasteiger partial charge in [0.15, 0.2) is 0 Å². The van der Waals surface area contributed by atoms with E-state index in [1.54, 1.807) is 24.1 Å².